The largest absolute Gasteiger partial charge is 0.269 e. The summed E-state index contributed by atoms with van der Waals surface area (Å²) in [7, 11) is 0. The summed E-state index contributed by atoms with van der Waals surface area (Å²) in [6, 6.07) is 5.18. The van der Waals surface area contributed by atoms with E-state index in [1.165, 1.54) is 5.56 Å². The number of nitro groups is 1. The highest BCUT2D eigenvalue weighted by atomic mass is 127. The molecule has 0 amide bonds. The lowest BCUT2D eigenvalue weighted by molar-refractivity contribution is -0.384. The van der Waals surface area contributed by atoms with E-state index in [0.717, 1.165) is 18.4 Å². The molecule has 0 bridgehead atoms. The molecule has 0 N–H and O–H groups in total. The summed E-state index contributed by atoms with van der Waals surface area (Å²) in [6.07, 6.45) is 2.16. The third-order valence-corrected chi connectivity index (χ3v) is 3.64. The number of fused-ring (bicyclic) bond motifs is 1. The highest BCUT2D eigenvalue weighted by Crippen LogP contribution is 2.39. The Morgan fingerprint density at radius 2 is 2.31 bits per heavy atom. The van der Waals surface area contributed by atoms with E-state index in [2.05, 4.69) is 22.6 Å². The summed E-state index contributed by atoms with van der Waals surface area (Å²) in [5.74, 6) is 0. The number of hydrogen-bond acceptors (Lipinski definition) is 2. The predicted octanol–water partition coefficient (Wildman–Crippen LogP) is 3.02. The first kappa shape index (κ1) is 8.93. The SMILES string of the molecule is O=[N+]([O-])c1ccc2c(c1)C(I)CC2. The topological polar surface area (TPSA) is 43.1 Å². The molecule has 2 rings (SSSR count). The van der Waals surface area contributed by atoms with Crippen molar-refractivity contribution in [1.29, 1.82) is 0 Å². The number of alkyl halides is 1. The van der Waals surface area contributed by atoms with Gasteiger partial charge in [-0.25, -0.2) is 0 Å². The summed E-state index contributed by atoms with van der Waals surface area (Å²) >= 11 is 2.34. The molecule has 0 saturated heterocycles. The lowest BCUT2D eigenvalue weighted by Crippen LogP contribution is -1.90. The van der Waals surface area contributed by atoms with Crippen LogP contribution in [0.25, 0.3) is 0 Å². The third-order valence-electron chi connectivity index (χ3n) is 2.34. The third kappa shape index (κ3) is 1.54. The Kier molecular flexibility index (Phi) is 2.23. The number of nitrogens with zero attached hydrogens (tertiary/aromatic N) is 1. The van der Waals surface area contributed by atoms with Crippen molar-refractivity contribution < 1.29 is 4.92 Å². The summed E-state index contributed by atoms with van der Waals surface area (Å²) in [5.41, 5.74) is 2.63. The first-order valence-electron chi connectivity index (χ1n) is 4.10. The molecule has 1 aliphatic rings. The first-order chi connectivity index (χ1) is 6.18. The zero-order valence-electron chi connectivity index (χ0n) is 6.87. The Hall–Kier alpha value is -0.650. The quantitative estimate of drug-likeness (QED) is 0.345. The minimum atomic E-state index is -0.331. The standard InChI is InChI=1S/C9H8INO2/c10-9-4-2-6-1-3-7(11(12)13)5-8(6)9/h1,3,5,9H,2,4H2. The minimum absolute atomic E-state index is 0.210. The zero-order valence-corrected chi connectivity index (χ0v) is 9.02. The Bertz CT molecular complexity index is 365. The van der Waals surface area contributed by atoms with Crippen LogP contribution in [0.5, 0.6) is 0 Å². The number of benzene rings is 1. The molecule has 1 atom stereocenters. The van der Waals surface area contributed by atoms with Crippen molar-refractivity contribution in [3.63, 3.8) is 0 Å². The smallest absolute Gasteiger partial charge is 0.258 e. The van der Waals surface area contributed by atoms with Crippen LogP contribution in [0.1, 0.15) is 21.5 Å². The molecule has 4 heteroatoms. The molecule has 0 fully saturated rings. The van der Waals surface area contributed by atoms with Crippen molar-refractivity contribution in [2.75, 3.05) is 0 Å². The molecule has 1 aromatic rings. The van der Waals surface area contributed by atoms with Crippen molar-refractivity contribution in [2.45, 2.75) is 16.8 Å². The molecule has 1 aromatic carbocycles. The first-order valence-corrected chi connectivity index (χ1v) is 5.34. The number of rotatable bonds is 1. The molecule has 1 unspecified atom stereocenters. The summed E-state index contributed by atoms with van der Waals surface area (Å²) < 4.78 is 0.451. The molecule has 3 nitrogen and oxygen atoms in total. The Morgan fingerprint density at radius 1 is 1.54 bits per heavy atom. The monoisotopic (exact) mass is 289 g/mol. The van der Waals surface area contributed by atoms with Gasteiger partial charge in [0.1, 0.15) is 0 Å². The molecule has 0 radical (unpaired) electrons. The van der Waals surface area contributed by atoms with Gasteiger partial charge in [0, 0.05) is 16.1 Å². The van der Waals surface area contributed by atoms with Gasteiger partial charge in [-0.15, -0.1) is 0 Å². The maximum atomic E-state index is 10.5. The van der Waals surface area contributed by atoms with E-state index < -0.39 is 0 Å². The second kappa shape index (κ2) is 3.25. The molecule has 0 spiro atoms. The number of hydrogen-bond donors (Lipinski definition) is 0. The zero-order chi connectivity index (χ0) is 9.42. The van der Waals surface area contributed by atoms with Crippen LogP contribution in [0.4, 0.5) is 5.69 Å². The molecular weight excluding hydrogens is 281 g/mol. The van der Waals surface area contributed by atoms with Crippen molar-refractivity contribution in [1.82, 2.24) is 0 Å². The van der Waals surface area contributed by atoms with E-state index in [4.69, 9.17) is 0 Å². The summed E-state index contributed by atoms with van der Waals surface area (Å²) in [6.45, 7) is 0. The number of nitro benzene ring substituents is 1. The van der Waals surface area contributed by atoms with E-state index in [9.17, 15) is 10.1 Å². The van der Waals surface area contributed by atoms with Crippen LogP contribution >= 0.6 is 22.6 Å². The average molecular weight is 289 g/mol. The highest BCUT2D eigenvalue weighted by molar-refractivity contribution is 14.1. The predicted molar refractivity (Wildman–Crippen MR) is 58.2 cm³/mol. The van der Waals surface area contributed by atoms with Crippen LogP contribution in [-0.2, 0) is 6.42 Å². The average Bonchev–Trinajstić information content (AvgIpc) is 2.47. The maximum Gasteiger partial charge on any atom is 0.269 e. The van der Waals surface area contributed by atoms with Gasteiger partial charge in [-0.05, 0) is 24.0 Å². The van der Waals surface area contributed by atoms with Gasteiger partial charge in [0.15, 0.2) is 0 Å². The lowest BCUT2D eigenvalue weighted by atomic mass is 10.1. The maximum absolute atomic E-state index is 10.5. The van der Waals surface area contributed by atoms with Gasteiger partial charge in [0.05, 0.1) is 4.92 Å². The van der Waals surface area contributed by atoms with Crippen LogP contribution in [0.15, 0.2) is 18.2 Å². The fourth-order valence-electron chi connectivity index (χ4n) is 1.65. The second-order valence-corrected chi connectivity index (χ2v) is 4.65. The van der Waals surface area contributed by atoms with Crippen molar-refractivity contribution in [2.24, 2.45) is 0 Å². The second-order valence-electron chi connectivity index (χ2n) is 3.15. The number of non-ortho nitro benzene ring substituents is 1. The van der Waals surface area contributed by atoms with Crippen molar-refractivity contribution in [3.8, 4) is 0 Å². The molecule has 1 aliphatic carbocycles. The molecule has 0 aromatic heterocycles. The Balaban J connectivity index is 2.47. The Morgan fingerprint density at radius 3 is 3.00 bits per heavy atom. The number of aryl methyl sites for hydroxylation is 1. The minimum Gasteiger partial charge on any atom is -0.258 e. The van der Waals surface area contributed by atoms with E-state index in [1.807, 2.05) is 6.07 Å². The van der Waals surface area contributed by atoms with Gasteiger partial charge in [0.25, 0.3) is 5.69 Å². The van der Waals surface area contributed by atoms with Gasteiger partial charge in [-0.2, -0.15) is 0 Å². The Labute approximate surface area is 89.4 Å². The molecule has 0 saturated carbocycles. The molecule has 13 heavy (non-hydrogen) atoms. The van der Waals surface area contributed by atoms with Gasteiger partial charge in [0.2, 0.25) is 0 Å². The fourth-order valence-corrected chi connectivity index (χ4v) is 2.54. The van der Waals surface area contributed by atoms with Crippen LogP contribution in [0.2, 0.25) is 0 Å². The van der Waals surface area contributed by atoms with E-state index >= 15 is 0 Å². The van der Waals surface area contributed by atoms with E-state index in [-0.39, 0.29) is 10.6 Å². The lowest BCUT2D eigenvalue weighted by Gasteiger charge is -2.01. The van der Waals surface area contributed by atoms with Crippen molar-refractivity contribution in [3.05, 3.63) is 39.4 Å². The highest BCUT2D eigenvalue weighted by Gasteiger charge is 2.22. The van der Waals surface area contributed by atoms with Gasteiger partial charge < -0.3 is 0 Å². The fraction of sp³-hybridized carbons (Fsp3) is 0.333. The molecule has 0 heterocycles. The van der Waals surface area contributed by atoms with Gasteiger partial charge >= 0.3 is 0 Å². The van der Waals surface area contributed by atoms with Crippen molar-refractivity contribution >= 4 is 28.3 Å². The normalized spacial score (nSPS) is 19.9. The number of halogens is 1. The molecule has 0 aliphatic heterocycles. The van der Waals surface area contributed by atoms with Gasteiger partial charge in [-0.3, -0.25) is 10.1 Å². The van der Waals surface area contributed by atoms with E-state index in [1.54, 1.807) is 12.1 Å². The van der Waals surface area contributed by atoms with Crippen LogP contribution in [0.3, 0.4) is 0 Å². The van der Waals surface area contributed by atoms with E-state index in [0.29, 0.717) is 3.92 Å². The molecule has 68 valence electrons. The van der Waals surface area contributed by atoms with Crippen LogP contribution in [0, 0.1) is 10.1 Å². The van der Waals surface area contributed by atoms with Crippen LogP contribution < -0.4 is 0 Å². The molecular formula is C9H8INO2. The van der Waals surface area contributed by atoms with Crippen LogP contribution in [-0.4, -0.2) is 4.92 Å². The summed E-state index contributed by atoms with van der Waals surface area (Å²) in [4.78, 5) is 10.2. The van der Waals surface area contributed by atoms with Gasteiger partial charge in [-0.1, -0.05) is 28.7 Å². The summed E-state index contributed by atoms with van der Waals surface area (Å²) in [5, 5.41) is 10.5.